The van der Waals surface area contributed by atoms with Crippen LogP contribution in [-0.4, -0.2) is 40.6 Å². The zero-order valence-electron chi connectivity index (χ0n) is 19.5. The molecule has 0 radical (unpaired) electrons. The van der Waals surface area contributed by atoms with Crippen molar-refractivity contribution in [2.24, 2.45) is 0 Å². The van der Waals surface area contributed by atoms with E-state index in [4.69, 9.17) is 9.47 Å². The molecule has 4 rings (SSSR count). The highest BCUT2D eigenvalue weighted by Crippen LogP contribution is 2.30. The van der Waals surface area contributed by atoms with Gasteiger partial charge in [0, 0.05) is 16.9 Å². The molecule has 7 nitrogen and oxygen atoms in total. The number of aromatic nitrogens is 3. The molecule has 0 aliphatic heterocycles. The maximum Gasteiger partial charge on any atom is 0.234 e. The number of nitrogens with zero attached hydrogens (tertiary/aromatic N) is 3. The highest BCUT2D eigenvalue weighted by Gasteiger charge is 2.18. The van der Waals surface area contributed by atoms with Gasteiger partial charge in [0.2, 0.25) is 5.91 Å². The number of aryl methyl sites for hydroxylation is 1. The second kappa shape index (κ2) is 10.4. The highest BCUT2D eigenvalue weighted by molar-refractivity contribution is 7.99. The average molecular weight is 475 g/mol. The molecule has 1 N–H and O–H groups in total. The van der Waals surface area contributed by atoms with Gasteiger partial charge in [-0.15, -0.1) is 10.2 Å². The van der Waals surface area contributed by atoms with Crippen molar-refractivity contribution in [3.63, 3.8) is 0 Å². The molecule has 0 aliphatic carbocycles. The molecule has 0 spiro atoms. The van der Waals surface area contributed by atoms with Gasteiger partial charge in [-0.3, -0.25) is 9.36 Å². The van der Waals surface area contributed by atoms with E-state index in [-0.39, 0.29) is 11.7 Å². The van der Waals surface area contributed by atoms with Crippen molar-refractivity contribution in [2.45, 2.75) is 19.0 Å². The fraction of sp³-hybridized carbons (Fsp3) is 0.192. The van der Waals surface area contributed by atoms with Crippen LogP contribution in [0.1, 0.15) is 11.1 Å². The summed E-state index contributed by atoms with van der Waals surface area (Å²) < 4.78 is 12.5. The Morgan fingerprint density at radius 1 is 0.912 bits per heavy atom. The molecule has 0 saturated carbocycles. The van der Waals surface area contributed by atoms with Crippen LogP contribution in [0.3, 0.4) is 0 Å². The Balaban J connectivity index is 1.61. The minimum absolute atomic E-state index is 0.103. The van der Waals surface area contributed by atoms with E-state index in [0.29, 0.717) is 11.0 Å². The predicted octanol–water partition coefficient (Wildman–Crippen LogP) is 5.30. The number of nitrogens with one attached hydrogen (secondary N) is 1. The fourth-order valence-electron chi connectivity index (χ4n) is 3.46. The lowest BCUT2D eigenvalue weighted by atomic mass is 10.1. The number of benzene rings is 3. The van der Waals surface area contributed by atoms with Crippen LogP contribution < -0.4 is 14.8 Å². The lowest BCUT2D eigenvalue weighted by molar-refractivity contribution is -0.113. The Bertz CT molecular complexity index is 1280. The molecule has 0 unspecified atom stereocenters. The third-order valence-electron chi connectivity index (χ3n) is 5.52. The lowest BCUT2D eigenvalue weighted by Gasteiger charge is -2.12. The summed E-state index contributed by atoms with van der Waals surface area (Å²) in [6.45, 7) is 4.03. The number of ether oxygens (including phenoxy) is 2. The van der Waals surface area contributed by atoms with Crippen molar-refractivity contribution < 1.29 is 14.3 Å². The number of thioether (sulfide) groups is 1. The first-order valence-electron chi connectivity index (χ1n) is 10.7. The van der Waals surface area contributed by atoms with Crippen LogP contribution in [0, 0.1) is 13.8 Å². The molecule has 0 fully saturated rings. The molecule has 174 valence electrons. The Morgan fingerprint density at radius 3 is 2.21 bits per heavy atom. The second-order valence-corrected chi connectivity index (χ2v) is 8.59. The van der Waals surface area contributed by atoms with E-state index in [2.05, 4.69) is 15.5 Å². The molecule has 34 heavy (non-hydrogen) atoms. The van der Waals surface area contributed by atoms with Gasteiger partial charge in [-0.2, -0.15) is 0 Å². The second-order valence-electron chi connectivity index (χ2n) is 7.65. The summed E-state index contributed by atoms with van der Waals surface area (Å²) in [4.78, 5) is 12.7. The number of carbonyl (C=O) groups is 1. The summed E-state index contributed by atoms with van der Waals surface area (Å²) in [5.74, 6) is 2.28. The van der Waals surface area contributed by atoms with Crippen LogP contribution in [0.2, 0.25) is 0 Å². The first-order chi connectivity index (χ1) is 16.5. The summed E-state index contributed by atoms with van der Waals surface area (Å²) in [7, 11) is 3.26. The van der Waals surface area contributed by atoms with E-state index in [9.17, 15) is 4.79 Å². The normalized spacial score (nSPS) is 10.7. The summed E-state index contributed by atoms with van der Waals surface area (Å²) in [6, 6.07) is 21.2. The monoisotopic (exact) mass is 474 g/mol. The van der Waals surface area contributed by atoms with Crippen molar-refractivity contribution in [3.05, 3.63) is 77.9 Å². The number of amides is 1. The van der Waals surface area contributed by atoms with Crippen LogP contribution in [0.5, 0.6) is 11.5 Å². The summed E-state index contributed by atoms with van der Waals surface area (Å²) in [5, 5.41) is 12.5. The van der Waals surface area contributed by atoms with Crippen LogP contribution >= 0.6 is 11.8 Å². The van der Waals surface area contributed by atoms with E-state index in [1.165, 1.54) is 11.8 Å². The SMILES string of the molecule is COc1ccc(-c2nnc(SCC(=O)Nc3cccc(C)c3C)n2-c2ccc(OC)cc2)cc1. The Kier molecular flexibility index (Phi) is 7.18. The summed E-state index contributed by atoms with van der Waals surface area (Å²) in [5.41, 5.74) is 4.77. The zero-order chi connectivity index (χ0) is 24.1. The number of methoxy groups -OCH3 is 2. The van der Waals surface area contributed by atoms with E-state index in [1.54, 1.807) is 14.2 Å². The van der Waals surface area contributed by atoms with Crippen LogP contribution in [-0.2, 0) is 4.79 Å². The molecule has 8 heteroatoms. The Labute approximate surface area is 203 Å². The maximum atomic E-state index is 12.7. The molecule has 0 bridgehead atoms. The number of rotatable bonds is 8. The van der Waals surface area contributed by atoms with Gasteiger partial charge >= 0.3 is 0 Å². The molecule has 0 saturated heterocycles. The third-order valence-corrected chi connectivity index (χ3v) is 6.45. The van der Waals surface area contributed by atoms with Crippen LogP contribution in [0.15, 0.2) is 71.9 Å². The molecule has 0 aliphatic rings. The van der Waals surface area contributed by atoms with Crippen LogP contribution in [0.4, 0.5) is 5.69 Å². The zero-order valence-corrected chi connectivity index (χ0v) is 20.3. The smallest absolute Gasteiger partial charge is 0.234 e. The Hall–Kier alpha value is -3.78. The van der Waals surface area contributed by atoms with E-state index in [1.807, 2.05) is 85.1 Å². The maximum absolute atomic E-state index is 12.7. The van der Waals surface area contributed by atoms with Gasteiger partial charge in [-0.25, -0.2) is 0 Å². The van der Waals surface area contributed by atoms with Crippen molar-refractivity contribution in [1.82, 2.24) is 14.8 Å². The van der Waals surface area contributed by atoms with E-state index < -0.39 is 0 Å². The molecule has 0 atom stereocenters. The van der Waals surface area contributed by atoms with Gasteiger partial charge in [-0.05, 0) is 79.6 Å². The van der Waals surface area contributed by atoms with Crippen molar-refractivity contribution in [1.29, 1.82) is 0 Å². The van der Waals surface area contributed by atoms with E-state index in [0.717, 1.165) is 39.6 Å². The molecular weight excluding hydrogens is 448 g/mol. The lowest BCUT2D eigenvalue weighted by Crippen LogP contribution is -2.15. The number of hydrogen-bond acceptors (Lipinski definition) is 6. The van der Waals surface area contributed by atoms with Gasteiger partial charge < -0.3 is 14.8 Å². The first kappa shape index (κ1) is 23.4. The van der Waals surface area contributed by atoms with Crippen molar-refractivity contribution >= 4 is 23.4 Å². The highest BCUT2D eigenvalue weighted by atomic mass is 32.2. The molecule has 1 aromatic heterocycles. The Morgan fingerprint density at radius 2 is 1.56 bits per heavy atom. The van der Waals surface area contributed by atoms with Crippen molar-refractivity contribution in [2.75, 3.05) is 25.3 Å². The van der Waals surface area contributed by atoms with Gasteiger partial charge in [-0.1, -0.05) is 23.9 Å². The molecular formula is C26H26N4O3S. The average Bonchev–Trinajstić information content (AvgIpc) is 3.29. The molecule has 1 amide bonds. The quantitative estimate of drug-likeness (QED) is 0.349. The van der Waals surface area contributed by atoms with E-state index >= 15 is 0 Å². The number of carbonyl (C=O) groups excluding carboxylic acids is 1. The minimum atomic E-state index is -0.103. The topological polar surface area (TPSA) is 78.3 Å². The predicted molar refractivity (Wildman–Crippen MR) is 135 cm³/mol. The molecule has 4 aromatic rings. The van der Waals surface area contributed by atoms with Gasteiger partial charge in [0.1, 0.15) is 11.5 Å². The minimum Gasteiger partial charge on any atom is -0.497 e. The number of hydrogen-bond donors (Lipinski definition) is 1. The molecule has 1 heterocycles. The summed E-state index contributed by atoms with van der Waals surface area (Å²) >= 11 is 1.33. The van der Waals surface area contributed by atoms with Crippen LogP contribution in [0.25, 0.3) is 17.1 Å². The largest absolute Gasteiger partial charge is 0.497 e. The standard InChI is InChI=1S/C26H26N4O3S/c1-17-6-5-7-23(18(17)2)27-24(31)16-34-26-29-28-25(19-8-12-21(32-3)13-9-19)30(26)20-10-14-22(33-4)15-11-20/h5-15H,16H2,1-4H3,(H,27,31). The number of anilines is 1. The first-order valence-corrected chi connectivity index (χ1v) is 11.7. The fourth-order valence-corrected chi connectivity index (χ4v) is 4.21. The van der Waals surface area contributed by atoms with Crippen molar-refractivity contribution in [3.8, 4) is 28.6 Å². The van der Waals surface area contributed by atoms with Gasteiger partial charge in [0.15, 0.2) is 11.0 Å². The summed E-state index contributed by atoms with van der Waals surface area (Å²) in [6.07, 6.45) is 0. The van der Waals surface area contributed by atoms with Gasteiger partial charge in [0.05, 0.1) is 20.0 Å². The molecule has 3 aromatic carbocycles. The third kappa shape index (κ3) is 5.07. The van der Waals surface area contributed by atoms with Gasteiger partial charge in [0.25, 0.3) is 0 Å².